The molecule has 34 heavy (non-hydrogen) atoms. The zero-order valence-corrected chi connectivity index (χ0v) is 21.8. The van der Waals surface area contributed by atoms with Crippen LogP contribution in [0, 0.1) is 5.92 Å². The lowest BCUT2D eigenvalue weighted by Gasteiger charge is -2.38. The zero-order chi connectivity index (χ0) is 24.6. The lowest BCUT2D eigenvalue weighted by Crippen LogP contribution is -3.00. The highest BCUT2D eigenvalue weighted by Gasteiger charge is 2.44. The van der Waals surface area contributed by atoms with Crippen molar-refractivity contribution >= 4 is 32.4 Å². The van der Waals surface area contributed by atoms with Crippen LogP contribution in [0.15, 0.2) is 41.3 Å². The minimum Gasteiger partial charge on any atom is -0.347 e. The molecule has 0 bridgehead atoms. The molecule has 2 aliphatic rings. The lowest BCUT2D eigenvalue weighted by molar-refractivity contribution is -0.785. The maximum absolute atomic E-state index is 14.1. The predicted octanol–water partition coefficient (Wildman–Crippen LogP) is 1.42. The van der Waals surface area contributed by atoms with Crippen molar-refractivity contribution in [3.05, 3.63) is 36.4 Å². The van der Waals surface area contributed by atoms with Crippen LogP contribution in [0.2, 0.25) is 0 Å². The summed E-state index contributed by atoms with van der Waals surface area (Å²) in [6.07, 6.45) is 3.94. The highest BCUT2D eigenvalue weighted by atomic mass is 32.2. The number of nitrogens with one attached hydrogen (secondary N) is 1. The van der Waals surface area contributed by atoms with Gasteiger partial charge in [-0.05, 0) is 49.8 Å². The average molecular weight is 489 g/mol. The second kappa shape index (κ2) is 9.93. The Balaban J connectivity index is 1.58. The molecule has 4 rings (SSSR count). The number of carbonyl (C=O) groups excluding carboxylic acids is 1. The van der Waals surface area contributed by atoms with Gasteiger partial charge in [0.05, 0.1) is 19.0 Å². The van der Waals surface area contributed by atoms with E-state index in [1.807, 2.05) is 29.2 Å². The van der Waals surface area contributed by atoms with Gasteiger partial charge < -0.3 is 15.5 Å². The number of carbonyl (C=O) groups is 1. The van der Waals surface area contributed by atoms with E-state index < -0.39 is 10.0 Å². The minimum absolute atomic E-state index is 0.0664. The molecule has 1 aliphatic carbocycles. The number of amides is 1. The number of benzene rings is 2. The first-order valence-corrected chi connectivity index (χ1v) is 14.0. The van der Waals surface area contributed by atoms with Crippen molar-refractivity contribution in [3.63, 3.8) is 0 Å². The standard InChI is InChI=1S/C26H38N4O3S/c1-18(2)17-23(27)26(31)29-15-13-20(14-16-29)30(19-11-12-19)34(32,33)25-10-6-7-21-22(25)8-5-9-24(21)28(3)4/h5-10,18-20,23H,11-17,27H2,1-4H3/p+2/t23-/m1/s1. The third-order valence-electron chi connectivity index (χ3n) is 7.12. The Hall–Kier alpha value is -2.00. The van der Waals surface area contributed by atoms with Crippen molar-refractivity contribution in [2.24, 2.45) is 5.92 Å². The molecule has 0 radical (unpaired) electrons. The van der Waals surface area contributed by atoms with Gasteiger partial charge in [-0.2, -0.15) is 4.31 Å². The second-order valence-electron chi connectivity index (χ2n) is 10.6. The van der Waals surface area contributed by atoms with Gasteiger partial charge in [0.15, 0.2) is 6.04 Å². The molecule has 0 unspecified atom stereocenters. The monoisotopic (exact) mass is 488 g/mol. The van der Waals surface area contributed by atoms with Crippen LogP contribution in [0.25, 0.3) is 10.8 Å². The minimum atomic E-state index is -3.67. The molecule has 0 spiro atoms. The first-order chi connectivity index (χ1) is 16.1. The molecule has 1 atom stereocenters. The van der Waals surface area contributed by atoms with Crippen LogP contribution in [0.3, 0.4) is 0 Å². The van der Waals surface area contributed by atoms with Gasteiger partial charge in [0, 0.05) is 42.4 Å². The van der Waals surface area contributed by atoms with Gasteiger partial charge in [-0.3, -0.25) is 4.79 Å². The number of nitrogens with zero attached hydrogens (tertiary/aromatic N) is 2. The molecule has 1 heterocycles. The van der Waals surface area contributed by atoms with Gasteiger partial charge in [0.1, 0.15) is 5.69 Å². The van der Waals surface area contributed by atoms with Gasteiger partial charge in [-0.25, -0.2) is 8.42 Å². The largest absolute Gasteiger partial charge is 0.347 e. The molecule has 2 aromatic rings. The van der Waals surface area contributed by atoms with E-state index >= 15 is 0 Å². The molecule has 1 saturated carbocycles. The topological polar surface area (TPSA) is 89.8 Å². The Morgan fingerprint density at radius 3 is 2.21 bits per heavy atom. The number of sulfonamides is 1. The number of fused-ring (bicyclic) bond motifs is 1. The van der Waals surface area contributed by atoms with Crippen LogP contribution >= 0.6 is 0 Å². The third-order valence-corrected chi connectivity index (χ3v) is 9.19. The molecular weight excluding hydrogens is 448 g/mol. The van der Waals surface area contributed by atoms with Gasteiger partial charge in [-0.15, -0.1) is 0 Å². The fraction of sp³-hybridized carbons (Fsp3) is 0.577. The molecule has 1 aliphatic heterocycles. The number of likely N-dealkylation sites (tertiary alicyclic amines) is 1. The Bertz CT molecular complexity index is 1140. The van der Waals surface area contributed by atoms with E-state index in [2.05, 4.69) is 39.7 Å². The highest BCUT2D eigenvalue weighted by molar-refractivity contribution is 7.89. The third kappa shape index (κ3) is 5.00. The van der Waals surface area contributed by atoms with Crippen LogP contribution in [-0.2, 0) is 14.8 Å². The van der Waals surface area contributed by atoms with Crippen LogP contribution in [0.4, 0.5) is 5.69 Å². The molecule has 8 heteroatoms. The van der Waals surface area contributed by atoms with E-state index in [9.17, 15) is 13.2 Å². The number of hydrogen-bond acceptors (Lipinski definition) is 3. The molecule has 186 valence electrons. The van der Waals surface area contributed by atoms with E-state index in [0.717, 1.165) is 40.6 Å². The van der Waals surface area contributed by atoms with Crippen LogP contribution in [-0.4, -0.2) is 68.8 Å². The lowest BCUT2D eigenvalue weighted by atomic mass is 10.0. The summed E-state index contributed by atoms with van der Waals surface area (Å²) in [5.74, 6) is 0.524. The maximum atomic E-state index is 14.1. The fourth-order valence-electron chi connectivity index (χ4n) is 5.34. The summed E-state index contributed by atoms with van der Waals surface area (Å²) < 4.78 is 29.9. The van der Waals surface area contributed by atoms with E-state index in [1.54, 1.807) is 10.4 Å². The van der Waals surface area contributed by atoms with E-state index in [1.165, 1.54) is 0 Å². The van der Waals surface area contributed by atoms with Crippen molar-refractivity contribution in [3.8, 4) is 0 Å². The van der Waals surface area contributed by atoms with Gasteiger partial charge in [0.25, 0.3) is 5.91 Å². The molecule has 7 nitrogen and oxygen atoms in total. The predicted molar refractivity (Wildman–Crippen MR) is 134 cm³/mol. The Kier molecular flexibility index (Phi) is 7.33. The van der Waals surface area contributed by atoms with E-state index in [-0.39, 0.29) is 24.0 Å². The smallest absolute Gasteiger partial charge is 0.280 e. The molecule has 2 aromatic carbocycles. The van der Waals surface area contributed by atoms with Crippen LogP contribution in [0.5, 0.6) is 0 Å². The summed E-state index contributed by atoms with van der Waals surface area (Å²) in [6.45, 7) is 5.39. The molecule has 2 fully saturated rings. The SMILES string of the molecule is CC(C)C[C@@H]([NH3+])C(=O)N1CCC(N(C2CC2)S(=O)(=O)c2cccc3c([NH+](C)C)cccc23)CC1. The Labute approximate surface area is 203 Å². The summed E-state index contributed by atoms with van der Waals surface area (Å²) in [6, 6.07) is 11.3. The summed E-state index contributed by atoms with van der Waals surface area (Å²) in [5, 5.41) is 1.76. The number of rotatable bonds is 8. The summed E-state index contributed by atoms with van der Waals surface area (Å²) in [7, 11) is 0.441. The van der Waals surface area contributed by atoms with Crippen molar-refractivity contribution in [1.29, 1.82) is 0 Å². The van der Waals surface area contributed by atoms with Crippen molar-refractivity contribution < 1.29 is 23.8 Å². The first-order valence-electron chi connectivity index (χ1n) is 12.6. The van der Waals surface area contributed by atoms with Crippen molar-refractivity contribution in [1.82, 2.24) is 9.21 Å². The first kappa shape index (κ1) is 25.1. The van der Waals surface area contributed by atoms with E-state index in [0.29, 0.717) is 36.7 Å². The molecule has 4 N–H and O–H groups in total. The van der Waals surface area contributed by atoms with Crippen LogP contribution < -0.4 is 10.6 Å². The Morgan fingerprint density at radius 1 is 1.03 bits per heavy atom. The number of quaternary nitrogens is 2. The highest BCUT2D eigenvalue weighted by Crippen LogP contribution is 2.39. The van der Waals surface area contributed by atoms with Crippen LogP contribution in [0.1, 0.15) is 46.0 Å². The normalized spacial score (nSPS) is 18.9. The fourth-order valence-corrected chi connectivity index (χ4v) is 7.48. The van der Waals surface area contributed by atoms with E-state index in [4.69, 9.17) is 0 Å². The van der Waals surface area contributed by atoms with Crippen molar-refractivity contribution in [2.75, 3.05) is 27.2 Å². The molecule has 0 aromatic heterocycles. The average Bonchev–Trinajstić information content (AvgIpc) is 3.62. The number of hydrogen-bond donors (Lipinski definition) is 2. The summed E-state index contributed by atoms with van der Waals surface area (Å²) in [4.78, 5) is 16.3. The molecule has 1 saturated heterocycles. The van der Waals surface area contributed by atoms with Gasteiger partial charge in [0.2, 0.25) is 10.0 Å². The van der Waals surface area contributed by atoms with Gasteiger partial charge >= 0.3 is 0 Å². The second-order valence-corrected chi connectivity index (χ2v) is 12.4. The molecule has 1 amide bonds. The number of piperidine rings is 1. The van der Waals surface area contributed by atoms with Gasteiger partial charge in [-0.1, -0.05) is 32.0 Å². The molecular formula is C26H40N4O3S+2. The van der Waals surface area contributed by atoms with Crippen molar-refractivity contribution in [2.45, 2.75) is 69.0 Å². The summed E-state index contributed by atoms with van der Waals surface area (Å²) in [5.41, 5.74) is 5.16. The maximum Gasteiger partial charge on any atom is 0.280 e. The summed E-state index contributed by atoms with van der Waals surface area (Å²) >= 11 is 0. The Morgan fingerprint density at radius 2 is 1.62 bits per heavy atom. The quantitative estimate of drug-likeness (QED) is 0.589. The zero-order valence-electron chi connectivity index (χ0n) is 21.0.